The summed E-state index contributed by atoms with van der Waals surface area (Å²) in [5.74, 6) is 0.771. The highest BCUT2D eigenvalue weighted by Crippen LogP contribution is 2.31. The molecule has 0 atom stereocenters. The van der Waals surface area contributed by atoms with Crippen LogP contribution in [0.1, 0.15) is 11.5 Å². The van der Waals surface area contributed by atoms with Crippen molar-refractivity contribution >= 4 is 5.97 Å². The molecule has 1 aromatic heterocycles. The molecule has 0 unspecified atom stereocenters. The molecule has 0 bridgehead atoms. The number of aromatic nitrogens is 2. The second-order valence-electron chi connectivity index (χ2n) is 5.55. The predicted molar refractivity (Wildman–Crippen MR) is 92.7 cm³/mol. The SMILES string of the molecule is COc1ccc(-c2noc(COC(=O)Cc3ccc(F)cc3)n2)cc1OC. The summed E-state index contributed by atoms with van der Waals surface area (Å²) in [6.07, 6.45) is 0.0248. The maximum Gasteiger partial charge on any atom is 0.310 e. The summed E-state index contributed by atoms with van der Waals surface area (Å²) in [4.78, 5) is 16.1. The first-order valence-corrected chi connectivity index (χ1v) is 8.04. The zero-order valence-corrected chi connectivity index (χ0v) is 14.8. The number of hydrogen-bond acceptors (Lipinski definition) is 7. The second-order valence-corrected chi connectivity index (χ2v) is 5.55. The Bertz CT molecular complexity index is 924. The molecule has 0 spiro atoms. The first kappa shape index (κ1) is 18.4. The number of carbonyl (C=O) groups excluding carboxylic acids is 1. The molecule has 1 heterocycles. The Balaban J connectivity index is 1.61. The van der Waals surface area contributed by atoms with E-state index in [1.807, 2.05) is 0 Å². The lowest BCUT2D eigenvalue weighted by molar-refractivity contribution is -0.144. The van der Waals surface area contributed by atoms with Crippen LogP contribution in [0.3, 0.4) is 0 Å². The average Bonchev–Trinajstić information content (AvgIpc) is 3.16. The average molecular weight is 372 g/mol. The summed E-state index contributed by atoms with van der Waals surface area (Å²) >= 11 is 0. The molecule has 0 amide bonds. The topological polar surface area (TPSA) is 83.7 Å². The van der Waals surface area contributed by atoms with E-state index >= 15 is 0 Å². The van der Waals surface area contributed by atoms with Crippen molar-refractivity contribution in [1.29, 1.82) is 0 Å². The van der Waals surface area contributed by atoms with Crippen molar-refractivity contribution in [2.45, 2.75) is 13.0 Å². The van der Waals surface area contributed by atoms with E-state index in [9.17, 15) is 9.18 Å². The summed E-state index contributed by atoms with van der Waals surface area (Å²) in [5, 5.41) is 3.87. The van der Waals surface area contributed by atoms with Crippen LogP contribution in [0.5, 0.6) is 11.5 Å². The maximum absolute atomic E-state index is 12.9. The Morgan fingerprint density at radius 2 is 1.81 bits per heavy atom. The molecule has 0 saturated heterocycles. The molecule has 27 heavy (non-hydrogen) atoms. The van der Waals surface area contributed by atoms with Gasteiger partial charge in [-0.05, 0) is 35.9 Å². The molecule has 0 aliphatic rings. The van der Waals surface area contributed by atoms with Crippen molar-refractivity contribution in [1.82, 2.24) is 10.1 Å². The van der Waals surface area contributed by atoms with Crippen molar-refractivity contribution in [2.24, 2.45) is 0 Å². The van der Waals surface area contributed by atoms with Gasteiger partial charge in [0.25, 0.3) is 5.89 Å². The fourth-order valence-corrected chi connectivity index (χ4v) is 2.37. The number of carbonyl (C=O) groups is 1. The second kappa shape index (κ2) is 8.31. The van der Waals surface area contributed by atoms with Gasteiger partial charge >= 0.3 is 5.97 Å². The normalized spacial score (nSPS) is 10.5. The van der Waals surface area contributed by atoms with Crippen molar-refractivity contribution < 1.29 is 27.9 Å². The highest BCUT2D eigenvalue weighted by atomic mass is 19.1. The van der Waals surface area contributed by atoms with Crippen molar-refractivity contribution in [3.8, 4) is 22.9 Å². The number of nitrogens with zero attached hydrogens (tertiary/aromatic N) is 2. The van der Waals surface area contributed by atoms with Gasteiger partial charge in [0.05, 0.1) is 20.6 Å². The summed E-state index contributed by atoms with van der Waals surface area (Å²) in [6.45, 7) is -0.152. The summed E-state index contributed by atoms with van der Waals surface area (Å²) < 4.78 is 33.5. The number of methoxy groups -OCH3 is 2. The van der Waals surface area contributed by atoms with Crippen LogP contribution in [-0.4, -0.2) is 30.3 Å². The Morgan fingerprint density at radius 3 is 2.52 bits per heavy atom. The lowest BCUT2D eigenvalue weighted by Gasteiger charge is -2.07. The third kappa shape index (κ3) is 4.60. The van der Waals surface area contributed by atoms with Gasteiger partial charge in [-0.15, -0.1) is 0 Å². The molecule has 0 aliphatic heterocycles. The monoisotopic (exact) mass is 372 g/mol. The van der Waals surface area contributed by atoms with E-state index < -0.39 is 5.97 Å². The largest absolute Gasteiger partial charge is 0.493 e. The van der Waals surface area contributed by atoms with Crippen LogP contribution in [0.4, 0.5) is 4.39 Å². The van der Waals surface area contributed by atoms with Crippen molar-refractivity contribution in [3.05, 3.63) is 59.7 Å². The number of halogens is 1. The smallest absolute Gasteiger partial charge is 0.310 e. The predicted octanol–water partition coefficient (Wildman–Crippen LogP) is 3.18. The number of esters is 1. The van der Waals surface area contributed by atoms with Gasteiger partial charge in [0.2, 0.25) is 5.82 Å². The van der Waals surface area contributed by atoms with Crippen LogP contribution in [0.15, 0.2) is 47.0 Å². The Hall–Kier alpha value is -3.42. The minimum absolute atomic E-state index is 0.0248. The van der Waals surface area contributed by atoms with Gasteiger partial charge in [-0.3, -0.25) is 4.79 Å². The summed E-state index contributed by atoms with van der Waals surface area (Å²) in [7, 11) is 3.08. The lowest BCUT2D eigenvalue weighted by atomic mass is 10.1. The van der Waals surface area contributed by atoms with E-state index in [-0.39, 0.29) is 24.7 Å². The van der Waals surface area contributed by atoms with Gasteiger partial charge in [0.1, 0.15) is 5.82 Å². The van der Waals surface area contributed by atoms with Crippen LogP contribution >= 0.6 is 0 Å². The van der Waals surface area contributed by atoms with E-state index in [1.54, 1.807) is 25.3 Å². The lowest BCUT2D eigenvalue weighted by Crippen LogP contribution is -2.08. The van der Waals surface area contributed by atoms with Gasteiger partial charge in [-0.2, -0.15) is 4.98 Å². The molecule has 8 heteroatoms. The Morgan fingerprint density at radius 1 is 1.07 bits per heavy atom. The Kier molecular flexibility index (Phi) is 5.65. The fourth-order valence-electron chi connectivity index (χ4n) is 2.37. The molecule has 0 N–H and O–H groups in total. The van der Waals surface area contributed by atoms with E-state index in [0.29, 0.717) is 28.5 Å². The molecule has 0 saturated carbocycles. The number of rotatable bonds is 7. The molecule has 0 aliphatic carbocycles. The molecular formula is C19H17FN2O5. The van der Waals surface area contributed by atoms with Crippen LogP contribution in [0, 0.1) is 5.82 Å². The van der Waals surface area contributed by atoms with Gasteiger partial charge in [-0.1, -0.05) is 17.3 Å². The molecule has 140 valence electrons. The van der Waals surface area contributed by atoms with E-state index in [0.717, 1.165) is 0 Å². The van der Waals surface area contributed by atoms with Crippen LogP contribution in [0.2, 0.25) is 0 Å². The zero-order chi connectivity index (χ0) is 19.2. The number of ether oxygens (including phenoxy) is 3. The van der Waals surface area contributed by atoms with Crippen LogP contribution in [0.25, 0.3) is 11.4 Å². The third-order valence-electron chi connectivity index (χ3n) is 3.73. The summed E-state index contributed by atoms with van der Waals surface area (Å²) in [5.41, 5.74) is 1.32. The summed E-state index contributed by atoms with van der Waals surface area (Å²) in [6, 6.07) is 10.8. The molecule has 3 rings (SSSR count). The molecule has 3 aromatic rings. The Labute approximate surface area is 154 Å². The van der Waals surface area contributed by atoms with Crippen LogP contribution in [-0.2, 0) is 22.6 Å². The number of hydrogen-bond donors (Lipinski definition) is 0. The minimum Gasteiger partial charge on any atom is -0.493 e. The fraction of sp³-hybridized carbons (Fsp3) is 0.211. The molecule has 7 nitrogen and oxygen atoms in total. The van der Waals surface area contributed by atoms with Crippen molar-refractivity contribution in [3.63, 3.8) is 0 Å². The molecule has 0 fully saturated rings. The molecule has 0 radical (unpaired) electrons. The van der Waals surface area contributed by atoms with Crippen molar-refractivity contribution in [2.75, 3.05) is 14.2 Å². The van der Waals surface area contributed by atoms with Crippen LogP contribution < -0.4 is 9.47 Å². The standard InChI is InChI=1S/C19H17FN2O5/c1-24-15-8-5-13(10-16(15)25-2)19-21-17(27-22-19)11-26-18(23)9-12-3-6-14(20)7-4-12/h3-8,10H,9,11H2,1-2H3. The number of benzene rings is 2. The van der Waals surface area contributed by atoms with E-state index in [2.05, 4.69) is 10.1 Å². The van der Waals surface area contributed by atoms with Gasteiger partial charge < -0.3 is 18.7 Å². The first-order valence-electron chi connectivity index (χ1n) is 8.04. The van der Waals surface area contributed by atoms with Gasteiger partial charge in [0, 0.05) is 5.56 Å². The quantitative estimate of drug-likeness (QED) is 0.589. The van der Waals surface area contributed by atoms with Gasteiger partial charge in [-0.25, -0.2) is 4.39 Å². The van der Waals surface area contributed by atoms with E-state index in [1.165, 1.54) is 31.4 Å². The molecular weight excluding hydrogens is 355 g/mol. The van der Waals surface area contributed by atoms with Gasteiger partial charge in [0.15, 0.2) is 18.1 Å². The first-order chi connectivity index (χ1) is 13.1. The molecule has 2 aromatic carbocycles. The minimum atomic E-state index is -0.479. The zero-order valence-electron chi connectivity index (χ0n) is 14.8. The highest BCUT2D eigenvalue weighted by molar-refractivity contribution is 5.72. The third-order valence-corrected chi connectivity index (χ3v) is 3.73. The van der Waals surface area contributed by atoms with E-state index in [4.69, 9.17) is 18.7 Å². The maximum atomic E-state index is 12.9. The highest BCUT2D eigenvalue weighted by Gasteiger charge is 2.14.